The first-order valence-electron chi connectivity index (χ1n) is 14.6. The third kappa shape index (κ3) is 6.82. The van der Waals surface area contributed by atoms with Crippen molar-refractivity contribution in [1.82, 2.24) is 15.1 Å². The second kappa shape index (κ2) is 12.7. The monoisotopic (exact) mass is 637 g/mol. The highest BCUT2D eigenvalue weighted by atomic mass is 35.5. The van der Waals surface area contributed by atoms with Gasteiger partial charge in [0.15, 0.2) is 9.84 Å². The molecular formula is C33H37ClFN5O3S. The number of para-hydroxylation sites is 1. The molecule has 1 fully saturated rings. The van der Waals surface area contributed by atoms with Crippen LogP contribution in [0.4, 0.5) is 20.7 Å². The smallest absolute Gasteiger partial charge is 0.317 e. The minimum atomic E-state index is -4.09. The van der Waals surface area contributed by atoms with Gasteiger partial charge in [-0.15, -0.1) is 0 Å². The van der Waals surface area contributed by atoms with Crippen molar-refractivity contribution in [2.75, 3.05) is 23.7 Å². The van der Waals surface area contributed by atoms with E-state index in [1.807, 2.05) is 58.0 Å². The topological polar surface area (TPSA) is 105 Å². The molecule has 1 saturated heterocycles. The second-order valence-corrected chi connectivity index (χ2v) is 14.7. The van der Waals surface area contributed by atoms with Crippen molar-refractivity contribution in [2.45, 2.75) is 56.1 Å². The minimum absolute atomic E-state index is 0.139. The Bertz CT molecular complexity index is 1760. The summed E-state index contributed by atoms with van der Waals surface area (Å²) in [5.74, 6) is -0.411. The lowest BCUT2D eigenvalue weighted by atomic mass is 9.89. The molecule has 0 spiro atoms. The fourth-order valence-electron chi connectivity index (χ4n) is 5.51. The summed E-state index contributed by atoms with van der Waals surface area (Å²) in [6.07, 6.45) is 1.21. The molecular weight excluding hydrogens is 601 g/mol. The molecule has 44 heavy (non-hydrogen) atoms. The molecule has 1 aliphatic rings. The Balaban J connectivity index is 1.51. The van der Waals surface area contributed by atoms with Crippen molar-refractivity contribution < 1.29 is 17.6 Å². The molecule has 1 aromatic heterocycles. The average Bonchev–Trinajstić information content (AvgIpc) is 3.39. The zero-order valence-electron chi connectivity index (χ0n) is 25.2. The van der Waals surface area contributed by atoms with E-state index < -0.39 is 26.9 Å². The third-order valence-electron chi connectivity index (χ3n) is 7.86. The Labute approximate surface area is 262 Å². The van der Waals surface area contributed by atoms with Crippen molar-refractivity contribution in [3.8, 4) is 5.69 Å². The van der Waals surface area contributed by atoms with Gasteiger partial charge in [0, 0.05) is 17.2 Å². The number of rotatable bonds is 7. The minimum Gasteiger partial charge on any atom is -0.317 e. The van der Waals surface area contributed by atoms with Gasteiger partial charge >= 0.3 is 6.03 Å². The van der Waals surface area contributed by atoms with Crippen LogP contribution in [0.2, 0.25) is 5.02 Å². The molecule has 1 unspecified atom stereocenters. The Kier molecular flexibility index (Phi) is 9.15. The quantitative estimate of drug-likeness (QED) is 0.183. The van der Waals surface area contributed by atoms with Crippen LogP contribution in [0.3, 0.4) is 0 Å². The summed E-state index contributed by atoms with van der Waals surface area (Å²) in [4.78, 5) is 13.4. The van der Waals surface area contributed by atoms with Gasteiger partial charge in [-0.2, -0.15) is 5.10 Å². The Morgan fingerprint density at radius 1 is 1.02 bits per heavy atom. The fourth-order valence-corrected chi connectivity index (χ4v) is 8.18. The van der Waals surface area contributed by atoms with Crippen LogP contribution >= 0.6 is 11.6 Å². The number of halogens is 2. The number of carbonyl (C=O) groups excluding carboxylic acids is 1. The number of anilines is 2. The van der Waals surface area contributed by atoms with Crippen molar-refractivity contribution >= 4 is 39.0 Å². The number of amides is 2. The van der Waals surface area contributed by atoms with Gasteiger partial charge in [-0.1, -0.05) is 68.3 Å². The van der Waals surface area contributed by atoms with Gasteiger partial charge < -0.3 is 10.6 Å². The zero-order valence-corrected chi connectivity index (χ0v) is 26.8. The number of hydrogen-bond acceptors (Lipinski definition) is 5. The molecule has 0 bridgehead atoms. The molecule has 2 heterocycles. The number of aryl methyl sites for hydroxylation is 1. The molecule has 8 nitrogen and oxygen atoms in total. The predicted octanol–water partition coefficient (Wildman–Crippen LogP) is 7.43. The molecule has 1 aliphatic heterocycles. The van der Waals surface area contributed by atoms with Crippen molar-refractivity contribution in [3.05, 3.63) is 100 Å². The molecule has 0 aliphatic carbocycles. The Morgan fingerprint density at radius 3 is 2.36 bits per heavy atom. The lowest BCUT2D eigenvalue weighted by Crippen LogP contribution is -2.34. The van der Waals surface area contributed by atoms with Crippen molar-refractivity contribution in [2.24, 2.45) is 5.92 Å². The highest BCUT2D eigenvalue weighted by molar-refractivity contribution is 7.91. The van der Waals surface area contributed by atoms with Crippen LogP contribution in [0.25, 0.3) is 5.69 Å². The molecule has 0 radical (unpaired) electrons. The lowest BCUT2D eigenvalue weighted by molar-refractivity contribution is 0.262. The number of nitrogens with one attached hydrogen (secondary N) is 3. The number of urea groups is 1. The van der Waals surface area contributed by atoms with Gasteiger partial charge in [-0.25, -0.2) is 22.3 Å². The summed E-state index contributed by atoms with van der Waals surface area (Å²) in [5, 5.41) is 12.7. The first-order chi connectivity index (χ1) is 20.8. The standard InChI is InChI=1S/C33H37ClFN5O3S/c1-21-9-12-24(13-10-21)40-30(20-29(39-40)33(2,3)4)38-32(41)37-27-8-6-5-7-25(27)31(22-15-17-36-18-16-22)44(42,43)28-14-11-23(35)19-26(28)34/h5-14,19-20,22,31,36H,15-18H2,1-4H3,(H2,37,38,41). The molecule has 232 valence electrons. The van der Waals surface area contributed by atoms with Crippen LogP contribution in [0.15, 0.2) is 77.7 Å². The van der Waals surface area contributed by atoms with Crippen LogP contribution in [0.5, 0.6) is 0 Å². The maximum atomic E-state index is 14.2. The summed E-state index contributed by atoms with van der Waals surface area (Å²) in [6, 6.07) is 19.3. The average molecular weight is 638 g/mol. The highest BCUT2D eigenvalue weighted by Crippen LogP contribution is 2.43. The van der Waals surface area contributed by atoms with Gasteiger partial charge in [0.25, 0.3) is 0 Å². The zero-order chi connectivity index (χ0) is 31.6. The molecule has 0 saturated carbocycles. The van der Waals surface area contributed by atoms with E-state index in [2.05, 4.69) is 16.0 Å². The molecule has 1 atom stereocenters. The van der Waals surface area contributed by atoms with Crippen LogP contribution in [-0.2, 0) is 15.3 Å². The molecule has 11 heteroatoms. The maximum absolute atomic E-state index is 14.2. The first kappa shape index (κ1) is 31.7. The highest BCUT2D eigenvalue weighted by Gasteiger charge is 2.39. The summed E-state index contributed by atoms with van der Waals surface area (Å²) in [6.45, 7) is 9.45. The van der Waals surface area contributed by atoms with Crippen molar-refractivity contribution in [1.29, 1.82) is 0 Å². The van der Waals surface area contributed by atoms with E-state index in [9.17, 15) is 17.6 Å². The number of hydrogen-bond donors (Lipinski definition) is 3. The molecule has 4 aromatic rings. The lowest BCUT2D eigenvalue weighted by Gasteiger charge is -2.32. The Hall–Kier alpha value is -3.73. The SMILES string of the molecule is Cc1ccc(-n2nc(C(C)(C)C)cc2NC(=O)Nc2ccccc2C(C2CCNCC2)S(=O)(=O)c2ccc(F)cc2Cl)cc1. The van der Waals surface area contributed by atoms with E-state index in [0.717, 1.165) is 29.1 Å². The van der Waals surface area contributed by atoms with Crippen LogP contribution < -0.4 is 16.0 Å². The first-order valence-corrected chi connectivity index (χ1v) is 16.5. The maximum Gasteiger partial charge on any atom is 0.324 e. The van der Waals surface area contributed by atoms with Crippen LogP contribution in [-0.4, -0.2) is 37.3 Å². The number of nitrogens with zero attached hydrogens (tertiary/aromatic N) is 2. The molecule has 3 aromatic carbocycles. The summed E-state index contributed by atoms with van der Waals surface area (Å²) < 4.78 is 44.1. The third-order valence-corrected chi connectivity index (χ3v) is 10.6. The van der Waals surface area contributed by atoms with E-state index in [0.29, 0.717) is 43.0 Å². The predicted molar refractivity (Wildman–Crippen MR) is 173 cm³/mol. The van der Waals surface area contributed by atoms with E-state index in [1.54, 1.807) is 28.9 Å². The van der Waals surface area contributed by atoms with Gasteiger partial charge in [0.2, 0.25) is 0 Å². The van der Waals surface area contributed by atoms with E-state index in [1.165, 1.54) is 6.07 Å². The Morgan fingerprint density at radius 2 is 1.70 bits per heavy atom. The number of benzene rings is 3. The largest absolute Gasteiger partial charge is 0.324 e. The number of aromatic nitrogens is 2. The normalized spacial score (nSPS) is 15.1. The number of carbonyl (C=O) groups is 1. The van der Waals surface area contributed by atoms with Crippen LogP contribution in [0, 0.1) is 18.7 Å². The second-order valence-electron chi connectivity index (χ2n) is 12.2. The van der Waals surface area contributed by atoms with E-state index in [-0.39, 0.29) is 21.3 Å². The number of sulfone groups is 1. The molecule has 5 rings (SSSR count). The van der Waals surface area contributed by atoms with Gasteiger partial charge in [0.05, 0.1) is 26.5 Å². The van der Waals surface area contributed by atoms with Gasteiger partial charge in [-0.05, 0) is 80.7 Å². The van der Waals surface area contributed by atoms with Crippen molar-refractivity contribution in [3.63, 3.8) is 0 Å². The van der Waals surface area contributed by atoms with E-state index >= 15 is 0 Å². The summed E-state index contributed by atoms with van der Waals surface area (Å²) >= 11 is 6.29. The fraction of sp³-hybridized carbons (Fsp3) is 0.333. The summed E-state index contributed by atoms with van der Waals surface area (Å²) in [5.41, 5.74) is 3.20. The number of piperidine rings is 1. The van der Waals surface area contributed by atoms with Gasteiger partial charge in [-0.3, -0.25) is 5.32 Å². The van der Waals surface area contributed by atoms with Crippen LogP contribution in [0.1, 0.15) is 55.7 Å². The van der Waals surface area contributed by atoms with Gasteiger partial charge in [0.1, 0.15) is 11.6 Å². The molecule has 2 amide bonds. The van der Waals surface area contributed by atoms with E-state index in [4.69, 9.17) is 16.7 Å². The summed E-state index contributed by atoms with van der Waals surface area (Å²) in [7, 11) is -4.09. The molecule has 3 N–H and O–H groups in total.